The summed E-state index contributed by atoms with van der Waals surface area (Å²) in [4.78, 5) is 28.0. The van der Waals surface area contributed by atoms with E-state index in [1.165, 1.54) is 6.08 Å². The first kappa shape index (κ1) is 12.1. The van der Waals surface area contributed by atoms with Crippen molar-refractivity contribution < 1.29 is 9.59 Å². The van der Waals surface area contributed by atoms with Crippen molar-refractivity contribution in [1.29, 1.82) is 0 Å². The number of aliphatic imine (C=N–C) groups is 2. The van der Waals surface area contributed by atoms with E-state index in [-0.39, 0.29) is 6.54 Å². The number of benzene rings is 1. The normalized spacial score (nSPS) is 13.1. The average molecular weight is 216 g/mol. The largest absolute Gasteiger partial charge is 0.235 e. The minimum absolute atomic E-state index is 0.117. The first-order valence-electron chi connectivity index (χ1n) is 4.97. The molecule has 0 amide bonds. The first-order valence-corrected chi connectivity index (χ1v) is 4.97. The molecule has 0 N–H and O–H groups in total. The molecule has 0 aliphatic heterocycles. The molecule has 0 aliphatic rings. The van der Waals surface area contributed by atoms with Crippen LogP contribution in [0.25, 0.3) is 0 Å². The van der Waals surface area contributed by atoms with Gasteiger partial charge in [0.05, 0.1) is 6.54 Å². The fraction of sp³-hybridized carbons (Fsp3) is 0.333. The van der Waals surface area contributed by atoms with E-state index in [2.05, 4.69) is 9.98 Å². The van der Waals surface area contributed by atoms with E-state index < -0.39 is 5.54 Å². The van der Waals surface area contributed by atoms with Crippen LogP contribution in [-0.2, 0) is 15.1 Å². The van der Waals surface area contributed by atoms with E-state index in [0.29, 0.717) is 6.42 Å². The summed E-state index contributed by atoms with van der Waals surface area (Å²) < 4.78 is 0. The predicted octanol–water partition coefficient (Wildman–Crippen LogP) is 1.96. The zero-order valence-electron chi connectivity index (χ0n) is 9.01. The second-order valence-electron chi connectivity index (χ2n) is 3.36. The van der Waals surface area contributed by atoms with Gasteiger partial charge < -0.3 is 0 Å². The van der Waals surface area contributed by atoms with Crippen LogP contribution < -0.4 is 0 Å². The molecule has 0 aromatic heterocycles. The van der Waals surface area contributed by atoms with Crippen molar-refractivity contribution in [2.24, 2.45) is 9.98 Å². The molecular formula is C12H12N2O2. The van der Waals surface area contributed by atoms with Crippen LogP contribution >= 0.6 is 0 Å². The predicted molar refractivity (Wildman–Crippen MR) is 59.5 cm³/mol. The molecule has 16 heavy (non-hydrogen) atoms. The molecule has 0 saturated heterocycles. The zero-order chi connectivity index (χ0) is 11.9. The van der Waals surface area contributed by atoms with Gasteiger partial charge in [0.2, 0.25) is 12.2 Å². The Balaban J connectivity index is 3.21. The lowest BCUT2D eigenvalue weighted by molar-refractivity contribution is 0.435. The fourth-order valence-corrected chi connectivity index (χ4v) is 1.58. The third-order valence-electron chi connectivity index (χ3n) is 2.56. The second-order valence-corrected chi connectivity index (χ2v) is 3.36. The van der Waals surface area contributed by atoms with Gasteiger partial charge in [-0.3, -0.25) is 0 Å². The Bertz CT molecular complexity index is 432. The molecular weight excluding hydrogens is 204 g/mol. The molecule has 0 radical (unpaired) electrons. The lowest BCUT2D eigenvalue weighted by Gasteiger charge is -2.24. The lowest BCUT2D eigenvalue weighted by atomic mass is 9.88. The summed E-state index contributed by atoms with van der Waals surface area (Å²) in [5.74, 6) is 0. The van der Waals surface area contributed by atoms with Crippen molar-refractivity contribution in [1.82, 2.24) is 0 Å². The van der Waals surface area contributed by atoms with Crippen LogP contribution in [0.3, 0.4) is 0 Å². The Morgan fingerprint density at radius 2 is 1.88 bits per heavy atom. The van der Waals surface area contributed by atoms with E-state index >= 15 is 0 Å². The van der Waals surface area contributed by atoms with Gasteiger partial charge in [0.1, 0.15) is 5.54 Å². The number of rotatable bonds is 5. The van der Waals surface area contributed by atoms with E-state index in [0.717, 1.165) is 5.56 Å². The fourth-order valence-electron chi connectivity index (χ4n) is 1.58. The van der Waals surface area contributed by atoms with Gasteiger partial charge in [-0.1, -0.05) is 37.3 Å². The summed E-state index contributed by atoms with van der Waals surface area (Å²) in [6, 6.07) is 9.28. The van der Waals surface area contributed by atoms with Gasteiger partial charge >= 0.3 is 0 Å². The Hall–Kier alpha value is -2.02. The van der Waals surface area contributed by atoms with E-state index in [1.807, 2.05) is 37.3 Å². The van der Waals surface area contributed by atoms with Crippen LogP contribution in [0.4, 0.5) is 0 Å². The topological polar surface area (TPSA) is 58.9 Å². The van der Waals surface area contributed by atoms with Crippen LogP contribution in [0.15, 0.2) is 40.3 Å². The molecule has 1 aromatic rings. The summed E-state index contributed by atoms with van der Waals surface area (Å²) in [5, 5.41) is 0. The van der Waals surface area contributed by atoms with Crippen molar-refractivity contribution in [2.45, 2.75) is 18.9 Å². The molecule has 0 saturated carbocycles. The van der Waals surface area contributed by atoms with Crippen molar-refractivity contribution in [3.05, 3.63) is 35.9 Å². The van der Waals surface area contributed by atoms with Crippen LogP contribution in [0, 0.1) is 0 Å². The smallest absolute Gasteiger partial charge is 0.211 e. The van der Waals surface area contributed by atoms with Crippen LogP contribution in [0.2, 0.25) is 0 Å². The highest BCUT2D eigenvalue weighted by molar-refractivity contribution is 5.40. The van der Waals surface area contributed by atoms with Gasteiger partial charge in [0.15, 0.2) is 0 Å². The third kappa shape index (κ3) is 2.51. The lowest BCUT2D eigenvalue weighted by Crippen LogP contribution is -2.26. The van der Waals surface area contributed by atoms with Gasteiger partial charge in [-0.05, 0) is 12.0 Å². The molecule has 4 heteroatoms. The van der Waals surface area contributed by atoms with Gasteiger partial charge in [-0.25, -0.2) is 14.6 Å². The Labute approximate surface area is 93.7 Å². The summed E-state index contributed by atoms with van der Waals surface area (Å²) in [7, 11) is 0. The molecule has 1 rings (SSSR count). The molecule has 0 bridgehead atoms. The molecule has 4 nitrogen and oxygen atoms in total. The summed E-state index contributed by atoms with van der Waals surface area (Å²) in [5.41, 5.74) is 0.0558. The van der Waals surface area contributed by atoms with Crippen molar-refractivity contribution in [3.63, 3.8) is 0 Å². The highest BCUT2D eigenvalue weighted by Gasteiger charge is 2.29. The molecule has 82 valence electrons. The Morgan fingerprint density at radius 1 is 1.19 bits per heavy atom. The quantitative estimate of drug-likeness (QED) is 0.558. The van der Waals surface area contributed by atoms with E-state index in [1.54, 1.807) is 6.08 Å². The Kier molecular flexibility index (Phi) is 4.34. The molecule has 0 heterocycles. The van der Waals surface area contributed by atoms with Gasteiger partial charge in [-0.2, -0.15) is 4.99 Å². The third-order valence-corrected chi connectivity index (χ3v) is 2.56. The van der Waals surface area contributed by atoms with E-state index in [4.69, 9.17) is 0 Å². The number of isocyanates is 2. The average Bonchev–Trinajstić information content (AvgIpc) is 2.36. The van der Waals surface area contributed by atoms with E-state index in [9.17, 15) is 9.59 Å². The second kappa shape index (κ2) is 5.76. The van der Waals surface area contributed by atoms with Gasteiger partial charge in [0.25, 0.3) is 0 Å². The first-order chi connectivity index (χ1) is 7.79. The molecule has 1 unspecified atom stereocenters. The zero-order valence-corrected chi connectivity index (χ0v) is 9.01. The van der Waals surface area contributed by atoms with Crippen molar-refractivity contribution >= 4 is 12.2 Å². The number of hydrogen-bond acceptors (Lipinski definition) is 4. The maximum absolute atomic E-state index is 10.5. The minimum Gasteiger partial charge on any atom is -0.211 e. The Morgan fingerprint density at radius 3 is 2.38 bits per heavy atom. The molecule has 1 aromatic carbocycles. The van der Waals surface area contributed by atoms with Crippen molar-refractivity contribution in [2.75, 3.05) is 6.54 Å². The molecule has 0 fully saturated rings. The van der Waals surface area contributed by atoms with Gasteiger partial charge in [0, 0.05) is 0 Å². The summed E-state index contributed by atoms with van der Waals surface area (Å²) in [6.07, 6.45) is 3.59. The summed E-state index contributed by atoms with van der Waals surface area (Å²) in [6.45, 7) is 2.00. The summed E-state index contributed by atoms with van der Waals surface area (Å²) >= 11 is 0. The molecule has 0 aliphatic carbocycles. The highest BCUT2D eigenvalue weighted by atomic mass is 16.1. The van der Waals surface area contributed by atoms with Crippen LogP contribution in [0.5, 0.6) is 0 Å². The van der Waals surface area contributed by atoms with Crippen LogP contribution in [-0.4, -0.2) is 18.7 Å². The standard InChI is InChI=1S/C12H12N2O2/c1-2-12(14-10-16,8-13-9-15)11-6-4-3-5-7-11/h3-7H,2,8H2,1H3. The monoisotopic (exact) mass is 216 g/mol. The number of hydrogen-bond donors (Lipinski definition) is 0. The number of nitrogens with zero attached hydrogens (tertiary/aromatic N) is 2. The van der Waals surface area contributed by atoms with Crippen LogP contribution in [0.1, 0.15) is 18.9 Å². The molecule has 0 spiro atoms. The van der Waals surface area contributed by atoms with Gasteiger partial charge in [-0.15, -0.1) is 0 Å². The SMILES string of the molecule is CCC(CN=C=O)(N=C=O)c1ccccc1. The maximum atomic E-state index is 10.5. The minimum atomic E-state index is -0.791. The number of carbonyl (C=O) groups excluding carboxylic acids is 2. The highest BCUT2D eigenvalue weighted by Crippen LogP contribution is 2.29. The molecule has 1 atom stereocenters. The van der Waals surface area contributed by atoms with Crippen molar-refractivity contribution in [3.8, 4) is 0 Å². The maximum Gasteiger partial charge on any atom is 0.235 e.